The predicted octanol–water partition coefficient (Wildman–Crippen LogP) is 1.69. The quantitative estimate of drug-likeness (QED) is 0.883. The zero-order valence-corrected chi connectivity index (χ0v) is 11.3. The highest BCUT2D eigenvalue weighted by molar-refractivity contribution is 5.12. The van der Waals surface area contributed by atoms with Gasteiger partial charge in [-0.25, -0.2) is 0 Å². The Bertz CT molecular complexity index is 429. The van der Waals surface area contributed by atoms with Gasteiger partial charge in [-0.3, -0.25) is 9.97 Å². The molecule has 1 saturated heterocycles. The van der Waals surface area contributed by atoms with Crippen molar-refractivity contribution in [1.82, 2.24) is 15.3 Å². The second kappa shape index (κ2) is 4.28. The minimum atomic E-state index is 0.235. The van der Waals surface area contributed by atoms with Crippen molar-refractivity contribution in [1.29, 1.82) is 0 Å². The van der Waals surface area contributed by atoms with E-state index in [1.807, 2.05) is 19.3 Å². The van der Waals surface area contributed by atoms with Crippen LogP contribution >= 0.6 is 0 Å². The van der Waals surface area contributed by atoms with Gasteiger partial charge in [-0.1, -0.05) is 13.8 Å². The van der Waals surface area contributed by atoms with Crippen LogP contribution in [-0.2, 0) is 11.3 Å². The van der Waals surface area contributed by atoms with Gasteiger partial charge >= 0.3 is 0 Å². The lowest BCUT2D eigenvalue weighted by Crippen LogP contribution is -2.65. The number of ether oxygens (including phenoxy) is 1. The average Bonchev–Trinajstić information content (AvgIpc) is 2.78. The minimum Gasteiger partial charge on any atom is -0.377 e. The summed E-state index contributed by atoms with van der Waals surface area (Å²) in [5.41, 5.74) is 2.21. The molecular weight excluding hydrogens is 226 g/mol. The minimum absolute atomic E-state index is 0.235. The first-order valence-electron chi connectivity index (χ1n) is 6.71. The molecule has 1 N–H and O–H groups in total. The van der Waals surface area contributed by atoms with Crippen molar-refractivity contribution in [2.45, 2.75) is 45.9 Å². The Morgan fingerprint density at radius 3 is 2.94 bits per heavy atom. The van der Waals surface area contributed by atoms with Crippen LogP contribution in [0.25, 0.3) is 0 Å². The van der Waals surface area contributed by atoms with Crippen LogP contribution in [0.15, 0.2) is 12.4 Å². The van der Waals surface area contributed by atoms with Crippen molar-refractivity contribution >= 4 is 0 Å². The number of nitrogens with zero attached hydrogens (tertiary/aromatic N) is 2. The highest BCUT2D eigenvalue weighted by atomic mass is 16.5. The van der Waals surface area contributed by atoms with Gasteiger partial charge in [-0.05, 0) is 13.3 Å². The van der Waals surface area contributed by atoms with Gasteiger partial charge in [0.15, 0.2) is 0 Å². The number of rotatable bonds is 3. The fourth-order valence-electron chi connectivity index (χ4n) is 3.46. The molecule has 0 aromatic carbocycles. The van der Waals surface area contributed by atoms with Crippen LogP contribution in [0.4, 0.5) is 0 Å². The molecule has 4 heteroatoms. The van der Waals surface area contributed by atoms with Crippen LogP contribution in [0, 0.1) is 18.3 Å². The molecule has 3 atom stereocenters. The summed E-state index contributed by atoms with van der Waals surface area (Å²) in [5, 5.41) is 3.63. The first kappa shape index (κ1) is 12.1. The molecule has 2 fully saturated rings. The summed E-state index contributed by atoms with van der Waals surface area (Å²) in [6.45, 7) is 8.25. The first-order chi connectivity index (χ1) is 8.59. The average molecular weight is 247 g/mol. The van der Waals surface area contributed by atoms with E-state index in [1.165, 1.54) is 6.42 Å². The zero-order valence-electron chi connectivity index (χ0n) is 11.3. The molecule has 3 rings (SSSR count). The number of nitrogens with one attached hydrogen (secondary N) is 1. The van der Waals surface area contributed by atoms with Crippen molar-refractivity contribution < 1.29 is 4.74 Å². The highest BCUT2D eigenvalue weighted by Crippen LogP contribution is 2.52. The Morgan fingerprint density at radius 1 is 1.39 bits per heavy atom. The molecule has 1 saturated carbocycles. The molecule has 1 aromatic rings. The molecule has 0 spiro atoms. The van der Waals surface area contributed by atoms with E-state index in [9.17, 15) is 0 Å². The van der Waals surface area contributed by atoms with Crippen LogP contribution in [0.5, 0.6) is 0 Å². The number of hydrogen-bond acceptors (Lipinski definition) is 4. The van der Waals surface area contributed by atoms with Gasteiger partial charge in [0.05, 0.1) is 17.5 Å². The summed E-state index contributed by atoms with van der Waals surface area (Å²) in [6, 6.07) is 0.535. The second-order valence-corrected chi connectivity index (χ2v) is 6.07. The molecule has 2 heterocycles. The SMILES string of the molecule is Cc1cnc(CNC2C3CCOC3C2(C)C)cn1. The normalized spacial score (nSPS) is 32.9. The Morgan fingerprint density at radius 2 is 2.22 bits per heavy atom. The zero-order chi connectivity index (χ0) is 12.8. The van der Waals surface area contributed by atoms with E-state index in [-0.39, 0.29) is 5.41 Å². The summed E-state index contributed by atoms with van der Waals surface area (Å²) in [6.07, 6.45) is 5.31. The summed E-state index contributed by atoms with van der Waals surface area (Å²) in [7, 11) is 0. The van der Waals surface area contributed by atoms with E-state index < -0.39 is 0 Å². The topological polar surface area (TPSA) is 47.0 Å². The molecular formula is C14H21N3O. The third-order valence-corrected chi connectivity index (χ3v) is 4.44. The summed E-state index contributed by atoms with van der Waals surface area (Å²) < 4.78 is 5.80. The molecule has 4 nitrogen and oxygen atoms in total. The van der Waals surface area contributed by atoms with E-state index in [4.69, 9.17) is 4.74 Å². The lowest BCUT2D eigenvalue weighted by Gasteiger charge is -2.54. The fraction of sp³-hybridized carbons (Fsp3) is 0.714. The van der Waals surface area contributed by atoms with Crippen molar-refractivity contribution in [3.05, 3.63) is 23.8 Å². The van der Waals surface area contributed by atoms with Crippen LogP contribution in [0.1, 0.15) is 31.7 Å². The Balaban J connectivity index is 1.62. The smallest absolute Gasteiger partial charge is 0.0724 e. The van der Waals surface area contributed by atoms with Gasteiger partial charge in [0.25, 0.3) is 0 Å². The Kier molecular flexibility index (Phi) is 2.87. The number of fused-ring (bicyclic) bond motifs is 1. The summed E-state index contributed by atoms with van der Waals surface area (Å²) in [4.78, 5) is 8.66. The molecule has 0 amide bonds. The molecule has 2 aliphatic rings. The van der Waals surface area contributed by atoms with Gasteiger partial charge in [-0.15, -0.1) is 0 Å². The first-order valence-corrected chi connectivity index (χ1v) is 6.71. The van der Waals surface area contributed by atoms with Gasteiger partial charge in [0, 0.05) is 42.9 Å². The lowest BCUT2D eigenvalue weighted by atomic mass is 9.57. The van der Waals surface area contributed by atoms with Crippen molar-refractivity contribution in [2.75, 3.05) is 6.61 Å². The maximum absolute atomic E-state index is 5.80. The number of hydrogen-bond donors (Lipinski definition) is 1. The monoisotopic (exact) mass is 247 g/mol. The van der Waals surface area contributed by atoms with Crippen molar-refractivity contribution in [3.63, 3.8) is 0 Å². The molecule has 1 aliphatic heterocycles. The van der Waals surface area contributed by atoms with Gasteiger partial charge in [0.2, 0.25) is 0 Å². The van der Waals surface area contributed by atoms with Crippen LogP contribution < -0.4 is 5.32 Å². The van der Waals surface area contributed by atoms with E-state index in [1.54, 1.807) is 0 Å². The summed E-state index contributed by atoms with van der Waals surface area (Å²) in [5.74, 6) is 0.679. The van der Waals surface area contributed by atoms with Gasteiger partial charge < -0.3 is 10.1 Å². The maximum atomic E-state index is 5.80. The van der Waals surface area contributed by atoms with Crippen LogP contribution in [-0.4, -0.2) is 28.7 Å². The third kappa shape index (κ3) is 1.84. The number of aryl methyl sites for hydroxylation is 1. The highest BCUT2D eigenvalue weighted by Gasteiger charge is 2.58. The van der Waals surface area contributed by atoms with E-state index in [2.05, 4.69) is 29.1 Å². The molecule has 3 unspecified atom stereocenters. The molecule has 0 radical (unpaired) electrons. The molecule has 0 bridgehead atoms. The predicted molar refractivity (Wildman–Crippen MR) is 69.0 cm³/mol. The maximum Gasteiger partial charge on any atom is 0.0724 e. The standard InChI is InChI=1S/C14H21N3O/c1-9-6-16-10(7-15-9)8-17-12-11-4-5-18-13(11)14(12,2)3/h6-7,11-13,17H,4-5,8H2,1-3H3. The molecule has 1 aromatic heterocycles. The largest absolute Gasteiger partial charge is 0.377 e. The van der Waals surface area contributed by atoms with E-state index in [0.29, 0.717) is 18.1 Å². The van der Waals surface area contributed by atoms with Gasteiger partial charge in [0.1, 0.15) is 0 Å². The third-order valence-electron chi connectivity index (χ3n) is 4.44. The van der Waals surface area contributed by atoms with Gasteiger partial charge in [-0.2, -0.15) is 0 Å². The molecule has 98 valence electrons. The molecule has 1 aliphatic carbocycles. The second-order valence-electron chi connectivity index (χ2n) is 6.07. The van der Waals surface area contributed by atoms with E-state index >= 15 is 0 Å². The Labute approximate surface area is 108 Å². The van der Waals surface area contributed by atoms with Crippen LogP contribution in [0.3, 0.4) is 0 Å². The fourth-order valence-corrected chi connectivity index (χ4v) is 3.46. The summed E-state index contributed by atoms with van der Waals surface area (Å²) >= 11 is 0. The van der Waals surface area contributed by atoms with Crippen molar-refractivity contribution in [3.8, 4) is 0 Å². The van der Waals surface area contributed by atoms with Crippen molar-refractivity contribution in [2.24, 2.45) is 11.3 Å². The van der Waals surface area contributed by atoms with Crippen LogP contribution in [0.2, 0.25) is 0 Å². The Hall–Kier alpha value is -1.00. The molecule has 18 heavy (non-hydrogen) atoms. The lowest BCUT2D eigenvalue weighted by molar-refractivity contribution is -0.113. The number of aromatic nitrogens is 2. The van der Waals surface area contributed by atoms with E-state index in [0.717, 1.165) is 24.5 Å².